The number of carbonyl (C=O) groups excluding carboxylic acids is 1. The van der Waals surface area contributed by atoms with Crippen molar-refractivity contribution in [2.24, 2.45) is 0 Å². The molecular formula is C12H16N2O. The molecule has 2 atom stereocenters. The second-order valence-corrected chi connectivity index (χ2v) is 3.96. The first-order valence-corrected chi connectivity index (χ1v) is 5.04. The van der Waals surface area contributed by atoms with Crippen molar-refractivity contribution in [3.63, 3.8) is 0 Å². The fraction of sp³-hybridized carbons (Fsp3) is 0.417. The van der Waals surface area contributed by atoms with Gasteiger partial charge in [0.25, 0.3) is 0 Å². The summed E-state index contributed by atoms with van der Waals surface area (Å²) in [7, 11) is 1.80. The SMILES string of the molecule is [2H]CN1C(=O)N(C)[C@@H](C)[C@H]1c1ccccc1. The van der Waals surface area contributed by atoms with Gasteiger partial charge >= 0.3 is 6.03 Å². The van der Waals surface area contributed by atoms with Gasteiger partial charge in [-0.3, -0.25) is 0 Å². The number of urea groups is 1. The van der Waals surface area contributed by atoms with Crippen molar-refractivity contribution in [2.75, 3.05) is 14.1 Å². The van der Waals surface area contributed by atoms with Crippen molar-refractivity contribution in [3.05, 3.63) is 35.9 Å². The lowest BCUT2D eigenvalue weighted by Gasteiger charge is -2.22. The Balaban J connectivity index is 2.36. The number of nitrogens with zero attached hydrogens (tertiary/aromatic N) is 2. The van der Waals surface area contributed by atoms with E-state index in [1.54, 1.807) is 16.8 Å². The van der Waals surface area contributed by atoms with Gasteiger partial charge in [0.05, 0.1) is 12.1 Å². The first-order valence-electron chi connectivity index (χ1n) is 5.75. The molecule has 3 nitrogen and oxygen atoms in total. The molecule has 3 heteroatoms. The number of benzene rings is 1. The van der Waals surface area contributed by atoms with E-state index in [4.69, 9.17) is 1.37 Å². The molecule has 1 aliphatic rings. The standard InChI is InChI=1S/C12H16N2O/c1-9-11(10-7-5-4-6-8-10)14(3)12(15)13(9)2/h4-9,11H,1-3H3/t9-,11-/m0/s1/i3D. The van der Waals surface area contributed by atoms with Crippen LogP contribution in [-0.2, 0) is 0 Å². The average Bonchev–Trinajstić information content (AvgIpc) is 2.54. The Morgan fingerprint density at radius 3 is 2.53 bits per heavy atom. The van der Waals surface area contributed by atoms with Crippen LogP contribution in [0.5, 0.6) is 0 Å². The average molecular weight is 205 g/mol. The molecule has 1 aromatic rings. The lowest BCUT2D eigenvalue weighted by molar-refractivity contribution is 0.200. The quantitative estimate of drug-likeness (QED) is 0.688. The van der Waals surface area contributed by atoms with Gasteiger partial charge in [-0.25, -0.2) is 4.79 Å². The van der Waals surface area contributed by atoms with Crippen molar-refractivity contribution in [1.29, 1.82) is 0 Å². The maximum absolute atomic E-state index is 11.9. The number of hydrogen-bond donors (Lipinski definition) is 0. The van der Waals surface area contributed by atoms with Crippen molar-refractivity contribution in [1.82, 2.24) is 9.80 Å². The summed E-state index contributed by atoms with van der Waals surface area (Å²) in [6.07, 6.45) is 0. The van der Waals surface area contributed by atoms with Crippen LogP contribution in [0.3, 0.4) is 0 Å². The highest BCUT2D eigenvalue weighted by atomic mass is 16.2. The van der Waals surface area contributed by atoms with E-state index in [1.165, 1.54) is 0 Å². The zero-order valence-corrected chi connectivity index (χ0v) is 9.05. The van der Waals surface area contributed by atoms with Gasteiger partial charge in [0, 0.05) is 15.4 Å². The highest BCUT2D eigenvalue weighted by Gasteiger charge is 2.39. The Morgan fingerprint density at radius 2 is 1.93 bits per heavy atom. The number of amides is 2. The third kappa shape index (κ3) is 1.48. The molecule has 2 rings (SSSR count). The van der Waals surface area contributed by atoms with Gasteiger partial charge in [0.1, 0.15) is 0 Å². The molecule has 0 saturated carbocycles. The van der Waals surface area contributed by atoms with Crippen LogP contribution in [0, 0.1) is 0 Å². The minimum Gasteiger partial charge on any atom is -0.323 e. The predicted octanol–water partition coefficient (Wildman–Crippen LogP) is 2.11. The molecule has 80 valence electrons. The molecule has 0 bridgehead atoms. The molecule has 15 heavy (non-hydrogen) atoms. The molecule has 1 fully saturated rings. The Morgan fingerprint density at radius 1 is 1.27 bits per heavy atom. The van der Waals surface area contributed by atoms with E-state index in [0.717, 1.165) is 5.56 Å². The van der Waals surface area contributed by atoms with Crippen molar-refractivity contribution < 1.29 is 6.17 Å². The molecule has 1 aliphatic heterocycles. The summed E-state index contributed by atoms with van der Waals surface area (Å²) >= 11 is 0. The fourth-order valence-electron chi connectivity index (χ4n) is 2.08. The molecule has 0 unspecified atom stereocenters. The summed E-state index contributed by atoms with van der Waals surface area (Å²) < 4.78 is 7.47. The maximum atomic E-state index is 11.9. The summed E-state index contributed by atoms with van der Waals surface area (Å²) in [5, 5.41) is 0. The van der Waals surface area contributed by atoms with E-state index in [1.807, 2.05) is 37.3 Å². The monoisotopic (exact) mass is 205 g/mol. The van der Waals surface area contributed by atoms with Crippen molar-refractivity contribution >= 4 is 6.03 Å². The van der Waals surface area contributed by atoms with E-state index < -0.39 is 0 Å². The van der Waals surface area contributed by atoms with Crippen LogP contribution in [0.1, 0.15) is 19.9 Å². The molecule has 0 N–H and O–H groups in total. The number of rotatable bonds is 1. The topological polar surface area (TPSA) is 23.6 Å². The summed E-state index contributed by atoms with van der Waals surface area (Å²) in [6.45, 7) is 2.02. The second kappa shape index (κ2) is 3.57. The van der Waals surface area contributed by atoms with Crippen LogP contribution in [0.15, 0.2) is 30.3 Å². The molecule has 2 amide bonds. The first-order chi connectivity index (χ1) is 7.66. The van der Waals surface area contributed by atoms with Crippen molar-refractivity contribution in [3.8, 4) is 0 Å². The number of carbonyl (C=O) groups is 1. The summed E-state index contributed by atoms with van der Waals surface area (Å²) in [5.41, 5.74) is 1.10. The minimum atomic E-state index is -0.0589. The Bertz CT molecular complexity index is 382. The third-order valence-corrected chi connectivity index (χ3v) is 3.09. The van der Waals surface area contributed by atoms with Crippen LogP contribution in [0.4, 0.5) is 4.79 Å². The van der Waals surface area contributed by atoms with Crippen LogP contribution in [-0.4, -0.2) is 35.9 Å². The lowest BCUT2D eigenvalue weighted by atomic mass is 10.0. The predicted molar refractivity (Wildman–Crippen MR) is 59.6 cm³/mol. The molecule has 0 aliphatic carbocycles. The van der Waals surface area contributed by atoms with E-state index >= 15 is 0 Å². The Kier molecular flexibility index (Phi) is 2.09. The third-order valence-electron chi connectivity index (χ3n) is 3.09. The van der Waals surface area contributed by atoms with Gasteiger partial charge in [0.15, 0.2) is 0 Å². The van der Waals surface area contributed by atoms with E-state index in [9.17, 15) is 4.79 Å². The highest BCUT2D eigenvalue weighted by Crippen LogP contribution is 2.32. The molecular weight excluding hydrogens is 188 g/mol. The van der Waals surface area contributed by atoms with Gasteiger partial charge < -0.3 is 9.80 Å². The summed E-state index contributed by atoms with van der Waals surface area (Å²) in [6, 6.07) is 9.96. The lowest BCUT2D eigenvalue weighted by Crippen LogP contribution is -2.28. The molecule has 0 spiro atoms. The zero-order chi connectivity index (χ0) is 11.7. The number of hydrogen-bond acceptors (Lipinski definition) is 1. The molecule has 1 heterocycles. The van der Waals surface area contributed by atoms with Gasteiger partial charge in [0.2, 0.25) is 0 Å². The van der Waals surface area contributed by atoms with Crippen molar-refractivity contribution in [2.45, 2.75) is 19.0 Å². The van der Waals surface area contributed by atoms with Crippen LogP contribution >= 0.6 is 0 Å². The number of likely N-dealkylation sites (N-methyl/N-ethyl adjacent to an activating group) is 2. The smallest absolute Gasteiger partial charge is 0.320 e. The van der Waals surface area contributed by atoms with Gasteiger partial charge in [-0.05, 0) is 12.5 Å². The Hall–Kier alpha value is -1.51. The maximum Gasteiger partial charge on any atom is 0.320 e. The zero-order valence-electron chi connectivity index (χ0n) is 10.1. The highest BCUT2D eigenvalue weighted by molar-refractivity contribution is 5.77. The summed E-state index contributed by atoms with van der Waals surface area (Å²) in [4.78, 5) is 15.2. The molecule has 1 saturated heterocycles. The van der Waals surface area contributed by atoms with Gasteiger partial charge in [-0.15, -0.1) is 0 Å². The molecule has 0 radical (unpaired) electrons. The second-order valence-electron chi connectivity index (χ2n) is 3.96. The molecule has 0 aromatic heterocycles. The fourth-order valence-corrected chi connectivity index (χ4v) is 2.08. The van der Waals surface area contributed by atoms with Crippen LogP contribution in [0.25, 0.3) is 0 Å². The van der Waals surface area contributed by atoms with Gasteiger partial charge in [-0.2, -0.15) is 0 Å². The normalized spacial score (nSPS) is 27.1. The van der Waals surface area contributed by atoms with E-state index in [0.29, 0.717) is 0 Å². The molecule has 1 aromatic carbocycles. The van der Waals surface area contributed by atoms with E-state index in [-0.39, 0.29) is 25.1 Å². The van der Waals surface area contributed by atoms with Gasteiger partial charge in [-0.1, -0.05) is 30.3 Å². The Labute approximate surface area is 91.7 Å². The van der Waals surface area contributed by atoms with E-state index in [2.05, 4.69) is 0 Å². The summed E-state index contributed by atoms with van der Waals surface area (Å²) in [5.74, 6) is 0. The van der Waals surface area contributed by atoms with Crippen LogP contribution in [0.2, 0.25) is 0 Å². The minimum absolute atomic E-state index is 0.00352. The first kappa shape index (κ1) is 8.77. The van der Waals surface area contributed by atoms with Crippen LogP contribution < -0.4 is 0 Å². The largest absolute Gasteiger partial charge is 0.323 e.